The fourth-order valence-corrected chi connectivity index (χ4v) is 5.84. The number of pyridine rings is 1. The highest BCUT2D eigenvalue weighted by atomic mass is 35.5. The summed E-state index contributed by atoms with van der Waals surface area (Å²) in [4.78, 5) is 39.9. The molecule has 4 rings (SSSR count). The summed E-state index contributed by atoms with van der Waals surface area (Å²) in [6.45, 7) is 5.87. The standard InChI is InChI=1S/C36H39ClN2O5/c1-5-6-16-32(39-22-23(2)18-27(36(39)43)20-29-24(3)11-9-15-30(29)37)35(42)38-31(21-34(40)41)26-13-10-12-25(19-26)28-14-7-8-17-33(28)44-4/h7-15,17-19,22,31-32H,5-6,16,20-21H2,1-4H3,(H,38,42)(H,40,41)/t31-,32+/m0/s1. The summed E-state index contributed by atoms with van der Waals surface area (Å²) in [5.41, 5.74) is 5.30. The zero-order chi connectivity index (χ0) is 31.8. The molecule has 1 amide bonds. The van der Waals surface area contributed by atoms with E-state index >= 15 is 0 Å². The van der Waals surface area contributed by atoms with Crippen LogP contribution in [0, 0.1) is 13.8 Å². The SMILES string of the molecule is CCCC[C@H](C(=O)N[C@@H](CC(=O)O)c1cccc(-c2ccccc2OC)c1)n1cc(C)cc(Cc2c(C)cccc2Cl)c1=O. The van der Waals surface area contributed by atoms with Gasteiger partial charge in [0.05, 0.1) is 19.6 Å². The first kappa shape index (κ1) is 32.6. The fraction of sp³-hybridized carbons (Fsp3) is 0.306. The lowest BCUT2D eigenvalue weighted by molar-refractivity contribution is -0.138. The van der Waals surface area contributed by atoms with Gasteiger partial charge in [-0.1, -0.05) is 79.9 Å². The molecule has 2 N–H and O–H groups in total. The van der Waals surface area contributed by atoms with Crippen molar-refractivity contribution in [3.63, 3.8) is 0 Å². The highest BCUT2D eigenvalue weighted by Crippen LogP contribution is 2.32. The summed E-state index contributed by atoms with van der Waals surface area (Å²) >= 11 is 6.49. The van der Waals surface area contributed by atoms with Crippen molar-refractivity contribution in [3.05, 3.63) is 122 Å². The van der Waals surface area contributed by atoms with Gasteiger partial charge in [0.25, 0.3) is 5.56 Å². The summed E-state index contributed by atoms with van der Waals surface area (Å²) in [5, 5.41) is 13.4. The number of benzene rings is 3. The Morgan fingerprint density at radius 2 is 1.77 bits per heavy atom. The number of aromatic nitrogens is 1. The van der Waals surface area contributed by atoms with E-state index in [9.17, 15) is 19.5 Å². The number of nitrogens with zero attached hydrogens (tertiary/aromatic N) is 1. The first-order valence-electron chi connectivity index (χ1n) is 14.8. The number of carbonyl (C=O) groups excluding carboxylic acids is 1. The van der Waals surface area contributed by atoms with Crippen LogP contribution in [0.4, 0.5) is 0 Å². The number of unbranched alkanes of at least 4 members (excludes halogenated alkanes) is 1. The molecule has 0 saturated carbocycles. The highest BCUT2D eigenvalue weighted by Gasteiger charge is 2.27. The molecule has 0 aliphatic heterocycles. The van der Waals surface area contributed by atoms with Gasteiger partial charge in [0.1, 0.15) is 11.8 Å². The van der Waals surface area contributed by atoms with E-state index in [0.717, 1.165) is 34.2 Å². The molecule has 0 bridgehead atoms. The van der Waals surface area contributed by atoms with E-state index in [4.69, 9.17) is 16.3 Å². The molecule has 3 aromatic carbocycles. The Morgan fingerprint density at radius 3 is 2.48 bits per heavy atom. The minimum atomic E-state index is -1.05. The topological polar surface area (TPSA) is 97.6 Å². The average Bonchev–Trinajstić information content (AvgIpc) is 3.00. The number of amides is 1. The molecule has 0 saturated heterocycles. The number of aryl methyl sites for hydroxylation is 2. The molecule has 2 atom stereocenters. The summed E-state index contributed by atoms with van der Waals surface area (Å²) in [7, 11) is 1.60. The maximum atomic E-state index is 14.0. The van der Waals surface area contributed by atoms with Gasteiger partial charge in [0.15, 0.2) is 0 Å². The van der Waals surface area contributed by atoms with Crippen molar-refractivity contribution in [2.75, 3.05) is 7.11 Å². The zero-order valence-corrected chi connectivity index (χ0v) is 26.4. The number of methoxy groups -OCH3 is 1. The Morgan fingerprint density at radius 1 is 1.02 bits per heavy atom. The fourth-order valence-electron chi connectivity index (χ4n) is 5.55. The van der Waals surface area contributed by atoms with Gasteiger partial charge in [-0.25, -0.2) is 0 Å². The van der Waals surface area contributed by atoms with E-state index in [1.807, 2.05) is 81.4 Å². The zero-order valence-electron chi connectivity index (χ0n) is 25.6. The molecule has 0 aliphatic carbocycles. The third-order valence-electron chi connectivity index (χ3n) is 7.85. The van der Waals surface area contributed by atoms with Crippen LogP contribution in [-0.4, -0.2) is 28.7 Å². The van der Waals surface area contributed by atoms with Gasteiger partial charge in [0.2, 0.25) is 5.91 Å². The molecule has 7 nitrogen and oxygen atoms in total. The van der Waals surface area contributed by atoms with Gasteiger partial charge in [-0.15, -0.1) is 0 Å². The van der Waals surface area contributed by atoms with Crippen molar-refractivity contribution in [2.24, 2.45) is 0 Å². The third kappa shape index (κ3) is 7.77. The van der Waals surface area contributed by atoms with Crippen LogP contribution in [0.2, 0.25) is 5.02 Å². The monoisotopic (exact) mass is 614 g/mol. The number of aliphatic carboxylic acids is 1. The average molecular weight is 615 g/mol. The number of para-hydroxylation sites is 1. The number of halogens is 1. The molecule has 0 fully saturated rings. The number of ether oxygens (including phenoxy) is 1. The van der Waals surface area contributed by atoms with Gasteiger partial charge in [-0.05, 0) is 72.4 Å². The van der Waals surface area contributed by atoms with Gasteiger partial charge >= 0.3 is 5.97 Å². The molecular formula is C36H39ClN2O5. The minimum absolute atomic E-state index is 0.265. The van der Waals surface area contributed by atoms with Crippen LogP contribution in [0.1, 0.15) is 72.5 Å². The lowest BCUT2D eigenvalue weighted by Gasteiger charge is -2.25. The maximum absolute atomic E-state index is 14.0. The predicted molar refractivity (Wildman–Crippen MR) is 175 cm³/mol. The first-order chi connectivity index (χ1) is 21.1. The van der Waals surface area contributed by atoms with Crippen LogP contribution in [0.15, 0.2) is 83.8 Å². The number of carboxylic acids is 1. The van der Waals surface area contributed by atoms with E-state index in [1.165, 1.54) is 4.57 Å². The van der Waals surface area contributed by atoms with Crippen LogP contribution in [-0.2, 0) is 16.0 Å². The maximum Gasteiger partial charge on any atom is 0.305 e. The number of carbonyl (C=O) groups is 2. The van der Waals surface area contributed by atoms with Gasteiger partial charge in [-0.2, -0.15) is 0 Å². The van der Waals surface area contributed by atoms with E-state index in [1.54, 1.807) is 25.4 Å². The van der Waals surface area contributed by atoms with E-state index in [2.05, 4.69) is 5.32 Å². The number of hydrogen-bond donors (Lipinski definition) is 2. The molecule has 4 aromatic rings. The molecule has 44 heavy (non-hydrogen) atoms. The number of rotatable bonds is 13. The molecular weight excluding hydrogens is 576 g/mol. The Labute approximate surface area is 263 Å². The molecule has 0 radical (unpaired) electrons. The van der Waals surface area contributed by atoms with Crippen molar-refractivity contribution in [1.29, 1.82) is 0 Å². The summed E-state index contributed by atoms with van der Waals surface area (Å²) in [6.07, 6.45) is 3.70. The second-order valence-corrected chi connectivity index (χ2v) is 11.5. The Kier molecular flexibility index (Phi) is 11.0. The quantitative estimate of drug-likeness (QED) is 0.163. The van der Waals surface area contributed by atoms with E-state index in [-0.39, 0.29) is 12.0 Å². The van der Waals surface area contributed by atoms with Crippen molar-refractivity contribution < 1.29 is 19.4 Å². The second-order valence-electron chi connectivity index (χ2n) is 11.1. The Hall–Kier alpha value is -4.36. The van der Waals surface area contributed by atoms with Crippen molar-refractivity contribution >= 4 is 23.5 Å². The van der Waals surface area contributed by atoms with Crippen LogP contribution >= 0.6 is 11.6 Å². The molecule has 0 unspecified atom stereocenters. The lowest BCUT2D eigenvalue weighted by Crippen LogP contribution is -2.40. The number of carboxylic acid groups (broad SMARTS) is 1. The van der Waals surface area contributed by atoms with Crippen molar-refractivity contribution in [2.45, 2.75) is 65.0 Å². The number of hydrogen-bond acceptors (Lipinski definition) is 4. The van der Waals surface area contributed by atoms with E-state index < -0.39 is 24.0 Å². The van der Waals surface area contributed by atoms with Crippen LogP contribution in [0.3, 0.4) is 0 Å². The largest absolute Gasteiger partial charge is 0.496 e. The van der Waals surface area contributed by atoms with Gasteiger partial charge in [0, 0.05) is 28.8 Å². The van der Waals surface area contributed by atoms with Gasteiger partial charge < -0.3 is 19.7 Å². The molecule has 230 valence electrons. The molecule has 1 aromatic heterocycles. The third-order valence-corrected chi connectivity index (χ3v) is 8.20. The Balaban J connectivity index is 1.71. The van der Waals surface area contributed by atoms with Crippen molar-refractivity contribution in [1.82, 2.24) is 9.88 Å². The normalized spacial score (nSPS) is 12.4. The Bertz CT molecular complexity index is 1680. The molecule has 0 aliphatic rings. The van der Waals surface area contributed by atoms with Gasteiger partial charge in [-0.3, -0.25) is 14.4 Å². The minimum Gasteiger partial charge on any atom is -0.496 e. The van der Waals surface area contributed by atoms with Crippen LogP contribution in [0.25, 0.3) is 11.1 Å². The highest BCUT2D eigenvalue weighted by molar-refractivity contribution is 6.31. The first-order valence-corrected chi connectivity index (χ1v) is 15.2. The molecule has 0 spiro atoms. The smallest absolute Gasteiger partial charge is 0.305 e. The van der Waals surface area contributed by atoms with Crippen LogP contribution < -0.4 is 15.6 Å². The molecule has 1 heterocycles. The summed E-state index contributed by atoms with van der Waals surface area (Å²) in [6, 6.07) is 20.8. The lowest BCUT2D eigenvalue weighted by atomic mass is 9.96. The number of nitrogens with one attached hydrogen (secondary N) is 1. The van der Waals surface area contributed by atoms with Crippen LogP contribution in [0.5, 0.6) is 5.75 Å². The summed E-state index contributed by atoms with van der Waals surface area (Å²) < 4.78 is 7.03. The van der Waals surface area contributed by atoms with Crippen molar-refractivity contribution in [3.8, 4) is 16.9 Å². The predicted octanol–water partition coefficient (Wildman–Crippen LogP) is 7.45. The molecule has 8 heteroatoms. The summed E-state index contributed by atoms with van der Waals surface area (Å²) in [5.74, 6) is -0.766. The van der Waals surface area contributed by atoms with E-state index in [0.29, 0.717) is 41.2 Å². The second kappa shape index (κ2) is 14.9.